The molecule has 29 heavy (non-hydrogen) atoms. The van der Waals surface area contributed by atoms with E-state index in [0.717, 1.165) is 22.0 Å². The van der Waals surface area contributed by atoms with Gasteiger partial charge in [-0.2, -0.15) is 0 Å². The van der Waals surface area contributed by atoms with E-state index in [1.807, 2.05) is 60.8 Å². The zero-order chi connectivity index (χ0) is 21.0. The summed E-state index contributed by atoms with van der Waals surface area (Å²) in [4.78, 5) is 30.1. The Kier molecular flexibility index (Phi) is 6.03. The first kappa shape index (κ1) is 20.6. The van der Waals surface area contributed by atoms with E-state index >= 15 is 0 Å². The summed E-state index contributed by atoms with van der Waals surface area (Å²) in [5, 5.41) is 1.04. The lowest BCUT2D eigenvalue weighted by Gasteiger charge is -2.34. The Bertz CT molecular complexity index is 995. The topological polar surface area (TPSA) is 88.4 Å². The van der Waals surface area contributed by atoms with Crippen LogP contribution in [-0.4, -0.2) is 40.4 Å². The van der Waals surface area contributed by atoms with Crippen molar-refractivity contribution in [1.29, 1.82) is 0 Å². The van der Waals surface area contributed by atoms with Crippen molar-refractivity contribution in [2.24, 2.45) is 5.73 Å². The fourth-order valence-corrected chi connectivity index (χ4v) is 3.19. The number of carbonyl (C=O) groups excluding carboxylic acids is 2. The molecule has 0 fully saturated rings. The van der Waals surface area contributed by atoms with Crippen molar-refractivity contribution in [2.45, 2.75) is 38.5 Å². The molecule has 3 rings (SSSR count). The van der Waals surface area contributed by atoms with Gasteiger partial charge >= 0.3 is 5.97 Å². The highest BCUT2D eigenvalue weighted by molar-refractivity contribution is 5.90. The van der Waals surface area contributed by atoms with Crippen molar-refractivity contribution in [3.63, 3.8) is 0 Å². The molecule has 0 bridgehead atoms. The lowest BCUT2D eigenvalue weighted by atomic mass is 10.00. The molecule has 1 amide bonds. The van der Waals surface area contributed by atoms with E-state index in [2.05, 4.69) is 4.98 Å². The molecule has 1 aromatic heterocycles. The maximum atomic E-state index is 12.9. The zero-order valence-corrected chi connectivity index (χ0v) is 17.0. The predicted molar refractivity (Wildman–Crippen MR) is 113 cm³/mol. The summed E-state index contributed by atoms with van der Waals surface area (Å²) >= 11 is 0. The van der Waals surface area contributed by atoms with E-state index in [-0.39, 0.29) is 12.5 Å². The summed E-state index contributed by atoms with van der Waals surface area (Å²) in [6.07, 6.45) is 2.25. The number of ether oxygens (including phenoxy) is 1. The predicted octanol–water partition coefficient (Wildman–Crippen LogP) is 3.02. The summed E-state index contributed by atoms with van der Waals surface area (Å²) in [7, 11) is 1.58. The van der Waals surface area contributed by atoms with Gasteiger partial charge in [0.15, 0.2) is 0 Å². The molecule has 0 saturated carbocycles. The van der Waals surface area contributed by atoms with Crippen LogP contribution in [0.1, 0.15) is 25.0 Å². The summed E-state index contributed by atoms with van der Waals surface area (Å²) in [5.74, 6) is -0.784. The van der Waals surface area contributed by atoms with Crippen LogP contribution in [0.3, 0.4) is 0 Å². The summed E-state index contributed by atoms with van der Waals surface area (Å²) in [5.41, 5.74) is 7.93. The second-order valence-corrected chi connectivity index (χ2v) is 7.69. The molecule has 3 aromatic rings. The van der Waals surface area contributed by atoms with E-state index in [4.69, 9.17) is 10.5 Å². The number of para-hydroxylation sites is 1. The van der Waals surface area contributed by atoms with E-state index in [9.17, 15) is 9.59 Å². The lowest BCUT2D eigenvalue weighted by Crippen LogP contribution is -2.56. The fourth-order valence-electron chi connectivity index (χ4n) is 3.19. The number of aromatic amines is 1. The highest BCUT2D eigenvalue weighted by Crippen LogP contribution is 2.21. The number of hydrogen-bond acceptors (Lipinski definition) is 4. The van der Waals surface area contributed by atoms with Gasteiger partial charge in [0.2, 0.25) is 5.91 Å². The molecule has 152 valence electrons. The van der Waals surface area contributed by atoms with E-state index in [0.29, 0.717) is 6.42 Å². The van der Waals surface area contributed by atoms with E-state index < -0.39 is 17.6 Å². The fraction of sp³-hybridized carbons (Fsp3) is 0.304. The molecule has 1 heterocycles. The first-order valence-electron chi connectivity index (χ1n) is 9.60. The summed E-state index contributed by atoms with van der Waals surface area (Å²) < 4.78 is 5.43. The second kappa shape index (κ2) is 8.49. The Labute approximate surface area is 170 Å². The minimum absolute atomic E-state index is 0.159. The number of amides is 1. The van der Waals surface area contributed by atoms with Crippen LogP contribution >= 0.6 is 0 Å². The maximum absolute atomic E-state index is 12.9. The number of nitrogens with one attached hydrogen (secondary N) is 1. The van der Waals surface area contributed by atoms with Crippen LogP contribution in [0, 0.1) is 0 Å². The van der Waals surface area contributed by atoms with Gasteiger partial charge in [-0.05, 0) is 37.5 Å². The molecular formula is C23H27N3O3. The van der Waals surface area contributed by atoms with Crippen LogP contribution in [0.25, 0.3) is 10.9 Å². The SMILES string of the molecule is CN(C(=O)C(N)Cc1c[nH]c2ccccc12)C(C)(C)C(=O)OCc1ccccc1. The van der Waals surface area contributed by atoms with Crippen molar-refractivity contribution in [2.75, 3.05) is 7.05 Å². The Morgan fingerprint density at radius 3 is 2.48 bits per heavy atom. The number of fused-ring (bicyclic) bond motifs is 1. The largest absolute Gasteiger partial charge is 0.459 e. The third-order valence-corrected chi connectivity index (χ3v) is 5.31. The first-order chi connectivity index (χ1) is 13.8. The lowest BCUT2D eigenvalue weighted by molar-refractivity contribution is -0.162. The molecule has 6 heteroatoms. The summed E-state index contributed by atoms with van der Waals surface area (Å²) in [6.45, 7) is 3.49. The van der Waals surface area contributed by atoms with Gasteiger partial charge in [0, 0.05) is 24.1 Å². The number of benzene rings is 2. The van der Waals surface area contributed by atoms with Crippen molar-refractivity contribution in [3.8, 4) is 0 Å². The maximum Gasteiger partial charge on any atom is 0.331 e. The van der Waals surface area contributed by atoms with Gasteiger partial charge in [-0.25, -0.2) is 4.79 Å². The highest BCUT2D eigenvalue weighted by atomic mass is 16.5. The Morgan fingerprint density at radius 2 is 1.76 bits per heavy atom. The minimum Gasteiger partial charge on any atom is -0.459 e. The molecule has 0 spiro atoms. The van der Waals surface area contributed by atoms with Gasteiger partial charge in [0.25, 0.3) is 0 Å². The third-order valence-electron chi connectivity index (χ3n) is 5.31. The van der Waals surface area contributed by atoms with E-state index in [1.54, 1.807) is 20.9 Å². The second-order valence-electron chi connectivity index (χ2n) is 7.69. The van der Waals surface area contributed by atoms with Crippen LogP contribution in [0.4, 0.5) is 0 Å². The minimum atomic E-state index is -1.14. The molecule has 0 aliphatic carbocycles. The molecule has 3 N–H and O–H groups in total. The normalized spacial score (nSPS) is 12.6. The van der Waals surface area contributed by atoms with Gasteiger partial charge in [0.05, 0.1) is 6.04 Å². The molecule has 0 radical (unpaired) electrons. The van der Waals surface area contributed by atoms with Crippen LogP contribution < -0.4 is 5.73 Å². The number of aromatic nitrogens is 1. The van der Waals surface area contributed by atoms with Gasteiger partial charge in [-0.3, -0.25) is 4.79 Å². The standard InChI is InChI=1S/C23H27N3O3/c1-23(2,22(28)29-15-16-9-5-4-6-10-16)26(3)21(27)19(24)13-17-14-25-20-12-8-7-11-18(17)20/h4-12,14,19,25H,13,15,24H2,1-3H3. The smallest absolute Gasteiger partial charge is 0.331 e. The Balaban J connectivity index is 1.64. The average Bonchev–Trinajstić information content (AvgIpc) is 3.14. The third kappa shape index (κ3) is 4.49. The number of nitrogens with two attached hydrogens (primary N) is 1. The number of likely N-dealkylation sites (N-methyl/N-ethyl adjacent to an activating group) is 1. The van der Waals surface area contributed by atoms with E-state index in [1.165, 1.54) is 4.90 Å². The number of H-pyrrole nitrogens is 1. The molecule has 1 atom stereocenters. The van der Waals surface area contributed by atoms with Crippen LogP contribution in [-0.2, 0) is 27.4 Å². The molecule has 2 aromatic carbocycles. The first-order valence-corrected chi connectivity index (χ1v) is 9.60. The quantitative estimate of drug-likeness (QED) is 0.604. The zero-order valence-electron chi connectivity index (χ0n) is 17.0. The van der Waals surface area contributed by atoms with Gasteiger partial charge in [-0.15, -0.1) is 0 Å². The molecular weight excluding hydrogens is 366 g/mol. The van der Waals surface area contributed by atoms with Crippen LogP contribution in [0.5, 0.6) is 0 Å². The number of esters is 1. The number of carbonyl (C=O) groups is 2. The highest BCUT2D eigenvalue weighted by Gasteiger charge is 2.38. The van der Waals surface area contributed by atoms with Crippen molar-refractivity contribution in [1.82, 2.24) is 9.88 Å². The van der Waals surface area contributed by atoms with Crippen LogP contribution in [0.15, 0.2) is 60.8 Å². The molecule has 0 aliphatic rings. The molecule has 1 unspecified atom stereocenters. The Hall–Kier alpha value is -3.12. The van der Waals surface area contributed by atoms with Gasteiger partial charge in [0.1, 0.15) is 12.1 Å². The molecule has 0 saturated heterocycles. The molecule has 0 aliphatic heterocycles. The number of hydrogen-bond donors (Lipinski definition) is 2. The number of nitrogens with zero attached hydrogens (tertiary/aromatic N) is 1. The Morgan fingerprint density at radius 1 is 1.10 bits per heavy atom. The number of rotatable bonds is 7. The monoisotopic (exact) mass is 393 g/mol. The van der Waals surface area contributed by atoms with Crippen molar-refractivity contribution in [3.05, 3.63) is 71.9 Å². The van der Waals surface area contributed by atoms with Crippen molar-refractivity contribution >= 4 is 22.8 Å². The summed E-state index contributed by atoms with van der Waals surface area (Å²) in [6, 6.07) is 16.5. The average molecular weight is 393 g/mol. The van der Waals surface area contributed by atoms with Gasteiger partial charge in [-0.1, -0.05) is 48.5 Å². The van der Waals surface area contributed by atoms with Crippen LogP contribution in [0.2, 0.25) is 0 Å². The van der Waals surface area contributed by atoms with Crippen molar-refractivity contribution < 1.29 is 14.3 Å². The molecule has 6 nitrogen and oxygen atoms in total. The van der Waals surface area contributed by atoms with Gasteiger partial charge < -0.3 is 20.4 Å².